The Bertz CT molecular complexity index is 459. The number of ether oxygens (including phenoxy) is 1. The minimum absolute atomic E-state index is 0.0457. The summed E-state index contributed by atoms with van der Waals surface area (Å²) in [5.41, 5.74) is 5.66. The van der Waals surface area contributed by atoms with Gasteiger partial charge in [0.05, 0.1) is 6.61 Å². The Morgan fingerprint density at radius 2 is 2.24 bits per heavy atom. The second-order valence-corrected chi connectivity index (χ2v) is 4.39. The highest BCUT2D eigenvalue weighted by molar-refractivity contribution is 7.21. The van der Waals surface area contributed by atoms with Crippen molar-refractivity contribution >= 4 is 20.1 Å². The van der Waals surface area contributed by atoms with Crippen LogP contribution in [0.15, 0.2) is 0 Å². The van der Waals surface area contributed by atoms with Crippen molar-refractivity contribution in [2.24, 2.45) is 0 Å². The molecular formula is C8H11N4O4P. The molecular weight excluding hydrogens is 247 g/mol. The monoisotopic (exact) mass is 258 g/mol. The lowest BCUT2D eigenvalue weighted by molar-refractivity contribution is -0.0468. The first kappa shape index (κ1) is 12.2. The number of hydrogen-bond acceptors (Lipinski definition) is 6. The van der Waals surface area contributed by atoms with Gasteiger partial charge in [-0.2, -0.15) is 0 Å². The van der Waals surface area contributed by atoms with Crippen LogP contribution in [0.4, 0.5) is 11.6 Å². The van der Waals surface area contributed by atoms with Gasteiger partial charge in [0.15, 0.2) is 6.23 Å². The molecule has 4 atom stereocenters. The lowest BCUT2D eigenvalue weighted by atomic mass is 10.1. The van der Waals surface area contributed by atoms with E-state index in [1.54, 1.807) is 0 Å². The first-order chi connectivity index (χ1) is 8.10. The molecule has 1 aliphatic heterocycles. The Morgan fingerprint density at radius 3 is 2.71 bits per heavy atom. The van der Waals surface area contributed by atoms with E-state index in [-0.39, 0.29) is 11.6 Å². The van der Waals surface area contributed by atoms with Crippen molar-refractivity contribution in [2.75, 3.05) is 12.3 Å². The lowest BCUT2D eigenvalue weighted by Gasteiger charge is -2.15. The van der Waals surface area contributed by atoms with Crippen LogP contribution in [0.1, 0.15) is 6.23 Å². The Hall–Kier alpha value is -1.23. The molecule has 1 saturated heterocycles. The number of anilines is 1. The topological polar surface area (TPSA) is 118 Å². The summed E-state index contributed by atoms with van der Waals surface area (Å²) in [5.74, 6) is 0.140. The predicted octanol–water partition coefficient (Wildman–Crippen LogP) is -0.792. The summed E-state index contributed by atoms with van der Waals surface area (Å²) in [5, 5.41) is 28.3. The molecule has 0 aromatic carbocycles. The molecule has 1 aliphatic rings. The molecule has 9 heteroatoms. The fourth-order valence-corrected chi connectivity index (χ4v) is 2.45. The molecule has 1 aromatic rings. The molecule has 2 heterocycles. The summed E-state index contributed by atoms with van der Waals surface area (Å²) in [6.07, 6.45) is -4.18. The minimum Gasteiger partial charge on any atom is -0.394 e. The van der Waals surface area contributed by atoms with E-state index in [0.29, 0.717) is 8.51 Å². The number of aliphatic hydroxyl groups excluding tert-OH is 3. The normalized spacial score (nSPS) is 33.1. The van der Waals surface area contributed by atoms with Gasteiger partial charge in [-0.25, -0.2) is 0 Å². The zero-order valence-electron chi connectivity index (χ0n) is 8.63. The first-order valence-electron chi connectivity index (χ1n) is 4.80. The maximum Gasteiger partial charge on any atom is 0.314 e. The van der Waals surface area contributed by atoms with Crippen molar-refractivity contribution in [3.8, 4) is 0 Å². The van der Waals surface area contributed by atoms with Crippen molar-refractivity contribution in [1.82, 2.24) is 9.08 Å². The summed E-state index contributed by atoms with van der Waals surface area (Å²) in [7, 11) is 0.351. The molecule has 4 unspecified atom stereocenters. The van der Waals surface area contributed by atoms with Crippen LogP contribution in [-0.4, -0.2) is 49.3 Å². The summed E-state index contributed by atoms with van der Waals surface area (Å²) >= 11 is 0. The molecule has 92 valence electrons. The average Bonchev–Trinajstić information content (AvgIpc) is 2.82. The summed E-state index contributed by atoms with van der Waals surface area (Å²) < 4.78 is 10.5. The van der Waals surface area contributed by atoms with Crippen LogP contribution in [0.3, 0.4) is 0 Å². The molecule has 1 fully saturated rings. The molecule has 0 saturated carbocycles. The first-order valence-corrected chi connectivity index (χ1v) is 5.60. The molecule has 0 spiro atoms. The maximum absolute atomic E-state index is 9.77. The van der Waals surface area contributed by atoms with Gasteiger partial charge in [-0.1, -0.05) is 11.3 Å². The lowest BCUT2D eigenvalue weighted by Crippen LogP contribution is -2.33. The van der Waals surface area contributed by atoms with Crippen molar-refractivity contribution in [1.29, 1.82) is 0 Å². The maximum atomic E-state index is 9.77. The average molecular weight is 258 g/mol. The van der Waals surface area contributed by atoms with Gasteiger partial charge in [0, 0.05) is 0 Å². The van der Waals surface area contributed by atoms with Crippen LogP contribution >= 0.6 is 8.51 Å². The van der Waals surface area contributed by atoms with Crippen LogP contribution in [0, 0.1) is 6.57 Å². The van der Waals surface area contributed by atoms with Crippen LogP contribution < -0.4 is 5.73 Å². The zero-order valence-corrected chi connectivity index (χ0v) is 9.53. The van der Waals surface area contributed by atoms with Gasteiger partial charge >= 0.3 is 5.82 Å². The van der Waals surface area contributed by atoms with Gasteiger partial charge in [0.1, 0.15) is 24.1 Å². The molecule has 8 nitrogen and oxygen atoms in total. The van der Waals surface area contributed by atoms with Gasteiger partial charge in [-0.3, -0.25) is 4.33 Å². The van der Waals surface area contributed by atoms with Crippen LogP contribution in [0.25, 0.3) is 4.85 Å². The summed E-state index contributed by atoms with van der Waals surface area (Å²) in [4.78, 5) is 3.11. The number of nitrogens with zero attached hydrogens (tertiary/aromatic N) is 3. The molecule has 5 N–H and O–H groups in total. The van der Waals surface area contributed by atoms with Gasteiger partial charge in [-0.15, -0.1) is 0 Å². The summed E-state index contributed by atoms with van der Waals surface area (Å²) in [6, 6.07) is 0. The van der Waals surface area contributed by atoms with Gasteiger partial charge in [0.2, 0.25) is 0 Å². The largest absolute Gasteiger partial charge is 0.394 e. The smallest absolute Gasteiger partial charge is 0.314 e. The number of aromatic nitrogens is 2. The molecule has 2 rings (SSSR count). The van der Waals surface area contributed by atoms with Crippen LogP contribution in [0.5, 0.6) is 0 Å². The minimum atomic E-state index is -1.21. The molecule has 17 heavy (non-hydrogen) atoms. The quantitative estimate of drug-likeness (QED) is 0.516. The van der Waals surface area contributed by atoms with E-state index < -0.39 is 31.1 Å². The Labute approximate surface area is 98.3 Å². The summed E-state index contributed by atoms with van der Waals surface area (Å²) in [6.45, 7) is 6.42. The standard InChI is InChI=1S/C8H11N4O4P/c1-10-7-6(9)12(17-11-7)8-5(15)4(14)3(2-13)16-8/h3-5,8,13-15H,2,9H2. The molecule has 1 aromatic heterocycles. The third-order valence-corrected chi connectivity index (χ3v) is 3.49. The third kappa shape index (κ3) is 1.88. The molecule has 0 aliphatic carbocycles. The number of rotatable bonds is 2. The van der Waals surface area contributed by atoms with E-state index in [9.17, 15) is 10.2 Å². The SMILES string of the molecule is [C-]#[N+]c1npn(C2OC(CO)C(O)C2O)c1N. The second kappa shape index (κ2) is 4.56. The molecule has 0 bridgehead atoms. The third-order valence-electron chi connectivity index (χ3n) is 2.58. The van der Waals surface area contributed by atoms with Gasteiger partial charge < -0.3 is 30.6 Å². The van der Waals surface area contributed by atoms with Crippen LogP contribution in [-0.2, 0) is 4.74 Å². The predicted molar refractivity (Wildman–Crippen MR) is 58.4 cm³/mol. The Kier molecular flexibility index (Phi) is 3.28. The van der Waals surface area contributed by atoms with Crippen molar-refractivity contribution in [3.63, 3.8) is 0 Å². The number of aliphatic hydroxyl groups is 3. The van der Waals surface area contributed by atoms with Crippen molar-refractivity contribution in [2.45, 2.75) is 24.5 Å². The van der Waals surface area contributed by atoms with E-state index in [0.717, 1.165) is 0 Å². The highest BCUT2D eigenvalue weighted by atomic mass is 31.1. The van der Waals surface area contributed by atoms with E-state index in [4.69, 9.17) is 22.1 Å². The number of nitrogen functional groups attached to an aromatic ring is 1. The zero-order chi connectivity index (χ0) is 12.6. The number of nitrogens with two attached hydrogens (primary N) is 1. The molecule has 0 radical (unpaired) electrons. The highest BCUT2D eigenvalue weighted by Crippen LogP contribution is 2.36. The van der Waals surface area contributed by atoms with Crippen molar-refractivity contribution < 1.29 is 20.1 Å². The van der Waals surface area contributed by atoms with Gasteiger partial charge in [-0.05, 0) is 0 Å². The van der Waals surface area contributed by atoms with Crippen molar-refractivity contribution in [3.05, 3.63) is 11.4 Å². The fourth-order valence-electron chi connectivity index (χ4n) is 1.64. The highest BCUT2D eigenvalue weighted by Gasteiger charge is 2.44. The Morgan fingerprint density at radius 1 is 1.53 bits per heavy atom. The van der Waals surface area contributed by atoms with E-state index in [1.165, 1.54) is 4.33 Å². The Balaban J connectivity index is 2.29. The van der Waals surface area contributed by atoms with Gasteiger partial charge in [0.25, 0.3) is 8.51 Å². The van der Waals surface area contributed by atoms with E-state index in [1.807, 2.05) is 0 Å². The fraction of sp³-hybridized carbons (Fsp3) is 0.625. The van der Waals surface area contributed by atoms with Crippen LogP contribution in [0.2, 0.25) is 0 Å². The number of hydrogen-bond donors (Lipinski definition) is 4. The second-order valence-electron chi connectivity index (χ2n) is 3.58. The van der Waals surface area contributed by atoms with E-state index in [2.05, 4.69) is 9.59 Å². The van der Waals surface area contributed by atoms with E-state index >= 15 is 0 Å². The molecule has 0 amide bonds.